The molecule has 1 amide bonds. The Morgan fingerprint density at radius 1 is 1.33 bits per heavy atom. The van der Waals surface area contributed by atoms with Crippen LogP contribution >= 0.6 is 11.3 Å². The number of hydrogen-bond donors (Lipinski definition) is 1. The summed E-state index contributed by atoms with van der Waals surface area (Å²) in [5, 5.41) is 11.0. The Bertz CT molecular complexity index is 905. The molecule has 128 valence electrons. The maximum Gasteiger partial charge on any atom is 0.289 e. The quantitative estimate of drug-likeness (QED) is 0.633. The minimum absolute atomic E-state index is 0.0316. The summed E-state index contributed by atoms with van der Waals surface area (Å²) in [4.78, 5) is 27.4. The number of hydrogen-bond acceptors (Lipinski definition) is 7. The number of nitrogens with zero attached hydrogens (tertiary/aromatic N) is 3. The number of sulfonamides is 1. The fourth-order valence-corrected chi connectivity index (χ4v) is 4.24. The maximum atomic E-state index is 12.4. The van der Waals surface area contributed by atoms with Crippen molar-refractivity contribution in [1.82, 2.24) is 9.88 Å². The van der Waals surface area contributed by atoms with Gasteiger partial charge in [0.2, 0.25) is 0 Å². The summed E-state index contributed by atoms with van der Waals surface area (Å²) >= 11 is 0.869. The molecule has 0 spiro atoms. The molecule has 0 radical (unpaired) electrons. The van der Waals surface area contributed by atoms with Gasteiger partial charge in [0.05, 0.1) is 10.6 Å². The van der Waals surface area contributed by atoms with Crippen LogP contribution in [0.25, 0.3) is 0 Å². The lowest BCUT2D eigenvalue weighted by atomic mass is 10.3. The Hall–Kier alpha value is -2.53. The first-order valence-electron chi connectivity index (χ1n) is 6.59. The largest absolute Gasteiger partial charge is 0.344 e. The van der Waals surface area contributed by atoms with Crippen LogP contribution in [0.1, 0.15) is 15.4 Å². The van der Waals surface area contributed by atoms with Gasteiger partial charge in [-0.25, -0.2) is 13.4 Å². The first-order chi connectivity index (χ1) is 11.1. The SMILES string of the molecule is Cc1nc(NS(=O)(=O)c2ccccc2[N+](=O)[O-])sc1C(=O)N(C)C. The van der Waals surface area contributed by atoms with Gasteiger partial charge in [-0.15, -0.1) is 0 Å². The van der Waals surface area contributed by atoms with Crippen molar-refractivity contribution in [3.8, 4) is 0 Å². The average Bonchev–Trinajstić information content (AvgIpc) is 2.85. The fourth-order valence-electron chi connectivity index (χ4n) is 1.85. The number of thiazole rings is 1. The molecule has 1 N–H and O–H groups in total. The molecule has 2 rings (SSSR count). The molecule has 9 nitrogen and oxygen atoms in total. The van der Waals surface area contributed by atoms with E-state index < -0.39 is 25.5 Å². The number of carbonyl (C=O) groups excluding carboxylic acids is 1. The van der Waals surface area contributed by atoms with Gasteiger partial charge in [0, 0.05) is 20.2 Å². The number of nitro groups is 1. The van der Waals surface area contributed by atoms with Crippen LogP contribution in [0.5, 0.6) is 0 Å². The van der Waals surface area contributed by atoms with E-state index >= 15 is 0 Å². The van der Waals surface area contributed by atoms with E-state index in [9.17, 15) is 23.3 Å². The molecule has 2 aromatic rings. The molecule has 24 heavy (non-hydrogen) atoms. The lowest BCUT2D eigenvalue weighted by Crippen LogP contribution is -2.21. The van der Waals surface area contributed by atoms with Crippen molar-refractivity contribution in [3.63, 3.8) is 0 Å². The van der Waals surface area contributed by atoms with E-state index in [1.807, 2.05) is 0 Å². The second kappa shape index (κ2) is 6.53. The standard InChI is InChI=1S/C13H14N4O5S2/c1-8-11(12(18)16(2)3)23-13(14-8)15-24(21,22)10-7-5-4-6-9(10)17(19)20/h4-7H,1-3H3,(H,14,15). The van der Waals surface area contributed by atoms with Crippen molar-refractivity contribution >= 4 is 38.1 Å². The normalized spacial score (nSPS) is 11.1. The summed E-state index contributed by atoms with van der Waals surface area (Å²) < 4.78 is 27.0. The predicted molar refractivity (Wildman–Crippen MR) is 88.8 cm³/mol. The highest BCUT2D eigenvalue weighted by Crippen LogP contribution is 2.29. The van der Waals surface area contributed by atoms with Crippen LogP contribution < -0.4 is 4.72 Å². The highest BCUT2D eigenvalue weighted by molar-refractivity contribution is 7.93. The third kappa shape index (κ3) is 3.51. The molecule has 0 unspecified atom stereocenters. The molecule has 1 heterocycles. The molecule has 0 aliphatic carbocycles. The van der Waals surface area contributed by atoms with E-state index in [1.165, 1.54) is 17.0 Å². The van der Waals surface area contributed by atoms with E-state index in [0.29, 0.717) is 10.6 Å². The molecule has 1 aromatic heterocycles. The zero-order valence-electron chi connectivity index (χ0n) is 13.0. The summed E-state index contributed by atoms with van der Waals surface area (Å²) in [6.07, 6.45) is 0. The van der Waals surface area contributed by atoms with Crippen LogP contribution in [-0.4, -0.2) is 43.2 Å². The van der Waals surface area contributed by atoms with E-state index in [2.05, 4.69) is 9.71 Å². The van der Waals surface area contributed by atoms with Crippen molar-refractivity contribution in [3.05, 3.63) is 45.0 Å². The molecule has 0 aliphatic heterocycles. The van der Waals surface area contributed by atoms with Gasteiger partial charge >= 0.3 is 0 Å². The topological polar surface area (TPSA) is 123 Å². The van der Waals surface area contributed by atoms with Crippen molar-refractivity contribution in [1.29, 1.82) is 0 Å². The molecule has 11 heteroatoms. The Kier molecular flexibility index (Phi) is 4.85. The Balaban J connectivity index is 2.40. The first kappa shape index (κ1) is 17.8. The van der Waals surface area contributed by atoms with Crippen LogP contribution in [0, 0.1) is 17.0 Å². The fraction of sp³-hybridized carbons (Fsp3) is 0.231. The van der Waals surface area contributed by atoms with Gasteiger partial charge < -0.3 is 4.90 Å². The van der Waals surface area contributed by atoms with Gasteiger partial charge in [0.15, 0.2) is 10.0 Å². The smallest absolute Gasteiger partial charge is 0.289 e. The molecule has 0 saturated carbocycles. The molecule has 0 aliphatic rings. The van der Waals surface area contributed by atoms with Crippen molar-refractivity contribution in [2.45, 2.75) is 11.8 Å². The summed E-state index contributed by atoms with van der Waals surface area (Å²) in [6.45, 7) is 1.58. The van der Waals surface area contributed by atoms with Gasteiger partial charge in [-0.05, 0) is 13.0 Å². The number of benzene rings is 1. The lowest BCUT2D eigenvalue weighted by molar-refractivity contribution is -0.387. The van der Waals surface area contributed by atoms with Crippen molar-refractivity contribution < 1.29 is 18.1 Å². The van der Waals surface area contributed by atoms with E-state index in [4.69, 9.17) is 0 Å². The summed E-state index contributed by atoms with van der Waals surface area (Å²) in [7, 11) is -1.07. The summed E-state index contributed by atoms with van der Waals surface area (Å²) in [6, 6.07) is 4.99. The number of anilines is 1. The number of carbonyl (C=O) groups is 1. The molecule has 0 fully saturated rings. The lowest BCUT2D eigenvalue weighted by Gasteiger charge is -2.08. The highest BCUT2D eigenvalue weighted by Gasteiger charge is 2.27. The molecule has 1 aromatic carbocycles. The molecular weight excluding hydrogens is 356 g/mol. The van der Waals surface area contributed by atoms with E-state index in [1.54, 1.807) is 21.0 Å². The van der Waals surface area contributed by atoms with Crippen LogP contribution in [0.4, 0.5) is 10.8 Å². The molecule has 0 atom stereocenters. The molecule has 0 saturated heterocycles. The van der Waals surface area contributed by atoms with Gasteiger partial charge in [-0.1, -0.05) is 23.5 Å². The highest BCUT2D eigenvalue weighted by atomic mass is 32.2. The number of rotatable bonds is 5. The zero-order valence-corrected chi connectivity index (χ0v) is 14.6. The third-order valence-electron chi connectivity index (χ3n) is 2.97. The Morgan fingerprint density at radius 3 is 2.54 bits per heavy atom. The minimum atomic E-state index is -4.21. The predicted octanol–water partition coefficient (Wildman–Crippen LogP) is 1.86. The molecule has 0 bridgehead atoms. The monoisotopic (exact) mass is 370 g/mol. The van der Waals surface area contributed by atoms with Gasteiger partial charge in [-0.2, -0.15) is 0 Å². The summed E-state index contributed by atoms with van der Waals surface area (Å²) in [5.41, 5.74) is -0.165. The Morgan fingerprint density at radius 2 is 1.96 bits per heavy atom. The second-order valence-electron chi connectivity index (χ2n) is 4.96. The zero-order chi connectivity index (χ0) is 18.1. The van der Waals surface area contributed by atoms with Crippen molar-refractivity contribution in [2.24, 2.45) is 0 Å². The van der Waals surface area contributed by atoms with Gasteiger partial charge in [0.1, 0.15) is 4.88 Å². The number of aromatic nitrogens is 1. The van der Waals surface area contributed by atoms with E-state index in [-0.39, 0.29) is 11.0 Å². The van der Waals surface area contributed by atoms with Crippen LogP contribution in [0.15, 0.2) is 29.2 Å². The van der Waals surface area contributed by atoms with Gasteiger partial charge in [-0.3, -0.25) is 19.6 Å². The minimum Gasteiger partial charge on any atom is -0.344 e. The number of nitro benzene ring substituents is 1. The molecular formula is C13H14N4O5S2. The third-order valence-corrected chi connectivity index (χ3v) is 5.55. The second-order valence-corrected chi connectivity index (χ2v) is 7.61. The first-order valence-corrected chi connectivity index (χ1v) is 8.88. The number of nitrogens with one attached hydrogen (secondary N) is 1. The Labute approximate surface area is 142 Å². The number of amides is 1. The average molecular weight is 370 g/mol. The van der Waals surface area contributed by atoms with Crippen LogP contribution in [-0.2, 0) is 10.0 Å². The van der Waals surface area contributed by atoms with Crippen LogP contribution in [0.2, 0.25) is 0 Å². The van der Waals surface area contributed by atoms with Gasteiger partial charge in [0.25, 0.3) is 21.6 Å². The maximum absolute atomic E-state index is 12.4. The number of para-hydroxylation sites is 1. The van der Waals surface area contributed by atoms with Crippen molar-refractivity contribution in [2.75, 3.05) is 18.8 Å². The van der Waals surface area contributed by atoms with E-state index in [0.717, 1.165) is 23.5 Å². The number of aryl methyl sites for hydroxylation is 1. The summed E-state index contributed by atoms with van der Waals surface area (Å²) in [5.74, 6) is -0.305. The van der Waals surface area contributed by atoms with Crippen LogP contribution in [0.3, 0.4) is 0 Å².